The molecule has 2 aromatic rings. The van der Waals surface area contributed by atoms with Gasteiger partial charge in [0.05, 0.1) is 6.04 Å². The molecule has 1 amide bonds. The summed E-state index contributed by atoms with van der Waals surface area (Å²) in [5.74, 6) is 1.58. The Labute approximate surface area is 146 Å². The Balaban J connectivity index is 1.45. The number of amides is 1. The van der Waals surface area contributed by atoms with E-state index in [0.717, 1.165) is 37.5 Å². The first-order chi connectivity index (χ1) is 12.0. The summed E-state index contributed by atoms with van der Waals surface area (Å²) >= 11 is 0. The number of benzene rings is 1. The van der Waals surface area contributed by atoms with Crippen molar-refractivity contribution in [3.05, 3.63) is 47.3 Å². The monoisotopic (exact) mass is 342 g/mol. The van der Waals surface area contributed by atoms with Gasteiger partial charge in [0.2, 0.25) is 5.91 Å². The van der Waals surface area contributed by atoms with E-state index in [-0.39, 0.29) is 29.6 Å². The molecule has 1 saturated heterocycles. The second-order valence-electron chi connectivity index (χ2n) is 7.20. The first-order valence-corrected chi connectivity index (χ1v) is 8.97. The Hall–Kier alpha value is -2.24. The van der Waals surface area contributed by atoms with Crippen LogP contribution in [-0.2, 0) is 4.79 Å². The van der Waals surface area contributed by atoms with Crippen molar-refractivity contribution in [3.63, 3.8) is 0 Å². The van der Waals surface area contributed by atoms with Crippen LogP contribution in [0.5, 0.6) is 0 Å². The summed E-state index contributed by atoms with van der Waals surface area (Å²) in [5, 5.41) is 4.48. The third-order valence-corrected chi connectivity index (χ3v) is 5.37. The lowest BCUT2D eigenvalue weighted by Crippen LogP contribution is -2.42. The average molecular weight is 342 g/mol. The number of halogens is 1. The maximum Gasteiger partial charge on any atom is 0.226 e. The molecule has 2 fully saturated rings. The molecular weight excluding hydrogens is 319 g/mol. The minimum Gasteiger partial charge on any atom is -0.340 e. The van der Waals surface area contributed by atoms with Crippen LogP contribution in [0.2, 0.25) is 0 Å². The Bertz CT molecular complexity index is 802. The van der Waals surface area contributed by atoms with Gasteiger partial charge in [-0.25, -0.2) is 14.1 Å². The largest absolute Gasteiger partial charge is 0.340 e. The zero-order chi connectivity index (χ0) is 17.6. The lowest BCUT2D eigenvalue weighted by molar-refractivity contribution is -0.134. The molecule has 0 bridgehead atoms. The highest BCUT2D eigenvalue weighted by Gasteiger charge is 2.47. The summed E-state index contributed by atoms with van der Waals surface area (Å²) in [6.07, 6.45) is 2.73. The fourth-order valence-electron chi connectivity index (χ4n) is 4.06. The van der Waals surface area contributed by atoms with Gasteiger partial charge in [-0.3, -0.25) is 4.79 Å². The maximum atomic E-state index is 13.9. The van der Waals surface area contributed by atoms with Crippen LogP contribution in [-0.4, -0.2) is 38.7 Å². The second kappa shape index (κ2) is 6.24. The summed E-state index contributed by atoms with van der Waals surface area (Å²) in [6.45, 7) is 5.29. The summed E-state index contributed by atoms with van der Waals surface area (Å²) in [7, 11) is 0. The van der Waals surface area contributed by atoms with Crippen molar-refractivity contribution in [3.8, 4) is 0 Å². The highest BCUT2D eigenvalue weighted by atomic mass is 19.1. The molecule has 1 aliphatic heterocycles. The summed E-state index contributed by atoms with van der Waals surface area (Å²) in [4.78, 5) is 19.2. The van der Waals surface area contributed by atoms with Gasteiger partial charge in [-0.15, -0.1) is 0 Å². The molecule has 5 nitrogen and oxygen atoms in total. The molecule has 2 aliphatic rings. The first-order valence-electron chi connectivity index (χ1n) is 8.97. The molecule has 0 radical (unpaired) electrons. The molecule has 0 unspecified atom stereocenters. The van der Waals surface area contributed by atoms with E-state index in [1.807, 2.05) is 29.5 Å². The first kappa shape index (κ1) is 16.2. The number of rotatable bonds is 3. The van der Waals surface area contributed by atoms with Crippen molar-refractivity contribution in [2.24, 2.45) is 5.92 Å². The summed E-state index contributed by atoms with van der Waals surface area (Å²) in [6, 6.07) is 6.99. The van der Waals surface area contributed by atoms with E-state index in [1.54, 1.807) is 12.1 Å². The Morgan fingerprint density at radius 2 is 2.08 bits per heavy atom. The zero-order valence-electron chi connectivity index (χ0n) is 14.7. The molecule has 1 aromatic carbocycles. The summed E-state index contributed by atoms with van der Waals surface area (Å²) < 4.78 is 15.9. The van der Waals surface area contributed by atoms with E-state index in [9.17, 15) is 9.18 Å². The fraction of sp³-hybridized carbons (Fsp3) is 0.526. The van der Waals surface area contributed by atoms with Gasteiger partial charge < -0.3 is 4.90 Å². The number of aryl methyl sites for hydroxylation is 2. The number of likely N-dealkylation sites (tertiary alicyclic amines) is 1. The average Bonchev–Trinajstić information content (AvgIpc) is 3.32. The van der Waals surface area contributed by atoms with Crippen LogP contribution in [0.15, 0.2) is 24.3 Å². The molecule has 0 spiro atoms. The number of hydrogen-bond acceptors (Lipinski definition) is 3. The molecule has 3 atom stereocenters. The van der Waals surface area contributed by atoms with Crippen LogP contribution in [0.3, 0.4) is 0 Å². The van der Waals surface area contributed by atoms with Crippen molar-refractivity contribution in [1.82, 2.24) is 19.7 Å². The van der Waals surface area contributed by atoms with Crippen molar-refractivity contribution < 1.29 is 9.18 Å². The van der Waals surface area contributed by atoms with Gasteiger partial charge in [-0.05, 0) is 50.7 Å². The summed E-state index contributed by atoms with van der Waals surface area (Å²) in [5.41, 5.74) is 0.678. The number of piperidine rings is 1. The van der Waals surface area contributed by atoms with E-state index >= 15 is 0 Å². The Morgan fingerprint density at radius 1 is 1.28 bits per heavy atom. The number of carbonyl (C=O) groups excluding carboxylic acids is 1. The molecule has 4 rings (SSSR count). The van der Waals surface area contributed by atoms with E-state index in [4.69, 9.17) is 0 Å². The minimum absolute atomic E-state index is 0.0319. The fourth-order valence-corrected chi connectivity index (χ4v) is 4.06. The maximum absolute atomic E-state index is 13.9. The van der Waals surface area contributed by atoms with Gasteiger partial charge >= 0.3 is 0 Å². The van der Waals surface area contributed by atoms with Gasteiger partial charge in [0.1, 0.15) is 17.5 Å². The van der Waals surface area contributed by atoms with Crippen LogP contribution in [0.25, 0.3) is 0 Å². The highest BCUT2D eigenvalue weighted by molar-refractivity contribution is 5.83. The van der Waals surface area contributed by atoms with Crippen LogP contribution >= 0.6 is 0 Å². The van der Waals surface area contributed by atoms with Crippen LogP contribution in [0.4, 0.5) is 4.39 Å². The molecule has 1 aromatic heterocycles. The van der Waals surface area contributed by atoms with E-state index in [2.05, 4.69) is 10.1 Å². The molecule has 0 N–H and O–H groups in total. The van der Waals surface area contributed by atoms with Crippen molar-refractivity contribution in [2.75, 3.05) is 13.1 Å². The predicted molar refractivity (Wildman–Crippen MR) is 91.6 cm³/mol. The number of nitrogens with zero attached hydrogens (tertiary/aromatic N) is 4. The predicted octanol–water partition coefficient (Wildman–Crippen LogP) is 3.00. The van der Waals surface area contributed by atoms with Gasteiger partial charge in [0.15, 0.2) is 0 Å². The smallest absolute Gasteiger partial charge is 0.226 e. The van der Waals surface area contributed by atoms with E-state index in [1.165, 1.54) is 6.07 Å². The SMILES string of the molecule is Cc1nc(C)n([C@@H]2CCCN(C(=O)[C@@H]3C[C@H]3c3ccccc3F)C2)n1. The second-order valence-corrected chi connectivity index (χ2v) is 7.20. The third-order valence-electron chi connectivity index (χ3n) is 5.37. The lowest BCUT2D eigenvalue weighted by Gasteiger charge is -2.33. The van der Waals surface area contributed by atoms with Crippen LogP contribution in [0.1, 0.15) is 48.4 Å². The molecule has 1 saturated carbocycles. The van der Waals surface area contributed by atoms with Gasteiger partial charge in [0, 0.05) is 19.0 Å². The van der Waals surface area contributed by atoms with Crippen molar-refractivity contribution in [1.29, 1.82) is 0 Å². The molecule has 25 heavy (non-hydrogen) atoms. The molecule has 2 heterocycles. The normalized spacial score (nSPS) is 25.9. The highest BCUT2D eigenvalue weighted by Crippen LogP contribution is 2.49. The Morgan fingerprint density at radius 3 is 2.80 bits per heavy atom. The standard InChI is InChI=1S/C19H23FN4O/c1-12-21-13(2)24(22-12)14-6-5-9-23(11-14)19(25)17-10-16(17)15-7-3-4-8-18(15)20/h3-4,7-8,14,16-17H,5-6,9-11H2,1-2H3/t14-,16+,17-/m1/s1. The van der Waals surface area contributed by atoms with Crippen LogP contribution < -0.4 is 0 Å². The number of carbonyl (C=O) groups is 1. The molecule has 1 aliphatic carbocycles. The number of hydrogen-bond donors (Lipinski definition) is 0. The quantitative estimate of drug-likeness (QED) is 0.862. The molecule has 132 valence electrons. The van der Waals surface area contributed by atoms with Gasteiger partial charge in [-0.1, -0.05) is 18.2 Å². The van der Waals surface area contributed by atoms with Crippen molar-refractivity contribution in [2.45, 2.75) is 45.1 Å². The van der Waals surface area contributed by atoms with E-state index in [0.29, 0.717) is 12.1 Å². The molecular formula is C19H23FN4O. The van der Waals surface area contributed by atoms with Gasteiger partial charge in [-0.2, -0.15) is 5.10 Å². The topological polar surface area (TPSA) is 51.0 Å². The van der Waals surface area contributed by atoms with Crippen molar-refractivity contribution >= 4 is 5.91 Å². The number of aromatic nitrogens is 3. The lowest BCUT2D eigenvalue weighted by atomic mass is 10.0. The third kappa shape index (κ3) is 3.05. The van der Waals surface area contributed by atoms with Gasteiger partial charge in [0.25, 0.3) is 0 Å². The minimum atomic E-state index is -0.201. The Kier molecular flexibility index (Phi) is 4.06. The van der Waals surface area contributed by atoms with E-state index < -0.39 is 0 Å². The van der Waals surface area contributed by atoms with Crippen LogP contribution in [0, 0.1) is 25.6 Å². The molecule has 6 heteroatoms. The zero-order valence-corrected chi connectivity index (χ0v) is 14.7.